The molecule has 3 aliphatic carbocycles. The lowest BCUT2D eigenvalue weighted by Gasteiger charge is -2.42. The van der Waals surface area contributed by atoms with Gasteiger partial charge in [0.15, 0.2) is 0 Å². The van der Waals surface area contributed by atoms with Gasteiger partial charge >= 0.3 is 0 Å². The van der Waals surface area contributed by atoms with Crippen LogP contribution in [0.5, 0.6) is 0 Å². The molecule has 1 heterocycles. The van der Waals surface area contributed by atoms with Gasteiger partial charge < -0.3 is 20.9 Å². The molecule has 4 rings (SSSR count). The van der Waals surface area contributed by atoms with Gasteiger partial charge in [-0.05, 0) is 60.2 Å². The average molecular weight is 692 g/mol. The summed E-state index contributed by atoms with van der Waals surface area (Å²) < 4.78 is 28.2. The Balaban J connectivity index is 1.59. The van der Waals surface area contributed by atoms with Crippen molar-refractivity contribution >= 4 is 39.4 Å². The van der Waals surface area contributed by atoms with Crippen LogP contribution < -0.4 is 20.7 Å². The molecule has 4 amide bonds. The number of carbonyl (C=O) groups excluding carboxylic acids is 5. The monoisotopic (exact) mass is 691 g/mol. The van der Waals surface area contributed by atoms with Gasteiger partial charge in [0.1, 0.15) is 18.1 Å². The second-order valence-corrected chi connectivity index (χ2v) is 18.5. The smallest absolute Gasteiger partial charge is 0.289 e. The van der Waals surface area contributed by atoms with E-state index in [1.54, 1.807) is 0 Å². The molecule has 0 bridgehead atoms. The lowest BCUT2D eigenvalue weighted by Crippen LogP contribution is -2.64. The number of nitrogens with one attached hydrogen (secondary N) is 4. The summed E-state index contributed by atoms with van der Waals surface area (Å²) in [5.41, 5.74) is -1.63. The van der Waals surface area contributed by atoms with Crippen LogP contribution in [0.4, 0.5) is 0 Å². The molecule has 13 heteroatoms. The molecule has 12 nitrogen and oxygen atoms in total. The predicted octanol–water partition coefficient (Wildman–Crippen LogP) is 2.43. The highest BCUT2D eigenvalue weighted by molar-refractivity contribution is 7.89. The molecule has 0 aromatic rings. The number of Topliss-reactive ketones (excluding diaryl/α,β-unsaturated/α-hetero) is 1. The number of likely N-dealkylation sites (tertiary alicyclic amines) is 1. The highest BCUT2D eigenvalue weighted by Crippen LogP contribution is 2.65. The molecule has 1 aliphatic heterocycles. The minimum atomic E-state index is -3.75. The number of nitrogens with zero attached hydrogens (tertiary/aromatic N) is 1. The summed E-state index contributed by atoms with van der Waals surface area (Å²) in [6.07, 6.45) is 7.75. The highest BCUT2D eigenvalue weighted by atomic mass is 32.2. The number of piperidine rings is 1. The molecule has 0 aromatic heterocycles. The normalized spacial score (nSPS) is 26.3. The first kappa shape index (κ1) is 38.0. The van der Waals surface area contributed by atoms with Crippen LogP contribution in [0.15, 0.2) is 12.7 Å². The van der Waals surface area contributed by atoms with Crippen molar-refractivity contribution < 1.29 is 32.4 Å². The summed E-state index contributed by atoms with van der Waals surface area (Å²) in [6, 6.07) is -4.04. The quantitative estimate of drug-likeness (QED) is 0.151. The Bertz CT molecular complexity index is 1390. The molecule has 48 heavy (non-hydrogen) atoms. The van der Waals surface area contributed by atoms with Crippen molar-refractivity contribution in [3.63, 3.8) is 0 Å². The summed E-state index contributed by atoms with van der Waals surface area (Å²) in [4.78, 5) is 70.0. The van der Waals surface area contributed by atoms with Crippen molar-refractivity contribution in [1.82, 2.24) is 25.6 Å². The molecule has 4 fully saturated rings. The van der Waals surface area contributed by atoms with Crippen LogP contribution >= 0.6 is 0 Å². The second kappa shape index (κ2) is 14.2. The Hall–Kier alpha value is -2.80. The summed E-state index contributed by atoms with van der Waals surface area (Å²) in [5, 5.41) is 8.29. The first-order valence-electron chi connectivity index (χ1n) is 17.6. The molecular weight excluding hydrogens is 634 g/mol. The van der Waals surface area contributed by atoms with Crippen LogP contribution in [-0.2, 0) is 34.0 Å². The predicted molar refractivity (Wildman–Crippen MR) is 183 cm³/mol. The Labute approximate surface area is 286 Å². The van der Waals surface area contributed by atoms with E-state index in [0.29, 0.717) is 25.8 Å². The Morgan fingerprint density at radius 1 is 1.00 bits per heavy atom. The van der Waals surface area contributed by atoms with Crippen LogP contribution in [0, 0.1) is 34.0 Å². The number of hydrogen-bond acceptors (Lipinski definition) is 7. The Morgan fingerprint density at radius 3 is 2.17 bits per heavy atom. The van der Waals surface area contributed by atoms with Gasteiger partial charge in [-0.15, -0.1) is 6.58 Å². The van der Waals surface area contributed by atoms with E-state index in [9.17, 15) is 32.4 Å². The van der Waals surface area contributed by atoms with E-state index in [4.69, 9.17) is 0 Å². The van der Waals surface area contributed by atoms with E-state index in [2.05, 4.69) is 41.1 Å². The van der Waals surface area contributed by atoms with Gasteiger partial charge in [-0.1, -0.05) is 79.7 Å². The van der Waals surface area contributed by atoms with Crippen molar-refractivity contribution in [1.29, 1.82) is 0 Å². The third kappa shape index (κ3) is 8.31. The summed E-state index contributed by atoms with van der Waals surface area (Å²) in [5.74, 6) is -3.05. The number of hydrogen-bond donors (Lipinski definition) is 4. The fraction of sp³-hybridized carbons (Fsp3) is 0.800. The average Bonchev–Trinajstić information content (AvgIpc) is 3.87. The molecule has 0 radical (unpaired) electrons. The Kier molecular flexibility index (Phi) is 11.2. The molecule has 3 saturated carbocycles. The number of rotatable bonds is 15. The van der Waals surface area contributed by atoms with E-state index < -0.39 is 74.4 Å². The van der Waals surface area contributed by atoms with Gasteiger partial charge in [-0.3, -0.25) is 24.0 Å². The summed E-state index contributed by atoms with van der Waals surface area (Å²) >= 11 is 0. The zero-order valence-corrected chi connectivity index (χ0v) is 30.6. The summed E-state index contributed by atoms with van der Waals surface area (Å²) in [7, 11) is -3.75. The SMILES string of the molecule is C=CCNC(=O)C(=O)C(CC1CC1)NC(=O)[C@@H]1C2C(CN1C(=O)[C@@H](NC(=O)[C@@H](NS(=O)(=O)CC)C1(C)CCCCC1)C(C)(C)C)C2(C)C. The largest absolute Gasteiger partial charge is 0.346 e. The van der Waals surface area contributed by atoms with Crippen LogP contribution in [-0.4, -0.2) is 85.7 Å². The van der Waals surface area contributed by atoms with E-state index in [-0.39, 0.29) is 35.5 Å². The van der Waals surface area contributed by atoms with Gasteiger partial charge in [0, 0.05) is 13.1 Å². The molecule has 0 spiro atoms. The fourth-order valence-electron chi connectivity index (χ4n) is 7.86. The van der Waals surface area contributed by atoms with Crippen molar-refractivity contribution in [3.05, 3.63) is 12.7 Å². The zero-order chi connectivity index (χ0) is 35.8. The first-order valence-corrected chi connectivity index (χ1v) is 19.3. The molecule has 4 N–H and O–H groups in total. The van der Waals surface area contributed by atoms with E-state index in [1.807, 2.05) is 27.7 Å². The van der Waals surface area contributed by atoms with Crippen LogP contribution in [0.2, 0.25) is 0 Å². The number of amides is 4. The molecule has 270 valence electrons. The molecule has 4 aliphatic rings. The number of sulfonamides is 1. The zero-order valence-electron chi connectivity index (χ0n) is 29.8. The maximum atomic E-state index is 14.5. The maximum absolute atomic E-state index is 14.5. The van der Waals surface area contributed by atoms with Crippen LogP contribution in [0.25, 0.3) is 0 Å². The van der Waals surface area contributed by atoms with Crippen molar-refractivity contribution in [2.75, 3.05) is 18.8 Å². The van der Waals surface area contributed by atoms with Crippen molar-refractivity contribution in [3.8, 4) is 0 Å². The maximum Gasteiger partial charge on any atom is 0.289 e. The standard InChI is InChI=1S/C35H57N5O7S/c1-9-18-36-30(43)26(41)23(19-21-14-15-21)37-29(42)25-24-22(34(24,6)7)20-40(25)32(45)28(33(3,4)5)38-31(44)27(39-48(46,47)10-2)35(8)16-12-11-13-17-35/h9,21-25,27-28,39H,1,10-20H2,2-8H3,(H,36,43)(H,37,42)(H,38,44)/t22?,23?,24?,25-,27+,28+/m0/s1. The van der Waals surface area contributed by atoms with Crippen molar-refractivity contribution in [2.24, 2.45) is 34.0 Å². The summed E-state index contributed by atoms with van der Waals surface area (Å²) in [6.45, 7) is 17.0. The lowest BCUT2D eigenvalue weighted by molar-refractivity contribution is -0.147. The van der Waals surface area contributed by atoms with Gasteiger partial charge in [0.25, 0.3) is 5.91 Å². The van der Waals surface area contributed by atoms with Gasteiger partial charge in [0.2, 0.25) is 33.5 Å². The number of fused-ring (bicyclic) bond motifs is 1. The molecule has 0 aromatic carbocycles. The molecular formula is C35H57N5O7S. The molecule has 3 unspecified atom stereocenters. The number of ketones is 1. The van der Waals surface area contributed by atoms with Crippen LogP contribution in [0.1, 0.15) is 99.8 Å². The van der Waals surface area contributed by atoms with E-state index in [1.165, 1.54) is 17.9 Å². The third-order valence-electron chi connectivity index (χ3n) is 11.3. The molecule has 1 saturated heterocycles. The van der Waals surface area contributed by atoms with Crippen LogP contribution in [0.3, 0.4) is 0 Å². The third-order valence-corrected chi connectivity index (χ3v) is 12.7. The minimum absolute atomic E-state index is 0.0484. The van der Waals surface area contributed by atoms with Gasteiger partial charge in [0.05, 0.1) is 11.8 Å². The first-order chi connectivity index (χ1) is 22.3. The minimum Gasteiger partial charge on any atom is -0.346 e. The van der Waals surface area contributed by atoms with Gasteiger partial charge in [-0.2, -0.15) is 0 Å². The van der Waals surface area contributed by atoms with Crippen molar-refractivity contribution in [2.45, 2.75) is 124 Å². The fourth-order valence-corrected chi connectivity index (χ4v) is 8.78. The lowest BCUT2D eigenvalue weighted by atomic mass is 9.70. The number of carbonyl (C=O) groups is 5. The van der Waals surface area contributed by atoms with E-state index in [0.717, 1.165) is 32.1 Å². The molecule has 6 atom stereocenters. The van der Waals surface area contributed by atoms with Gasteiger partial charge in [-0.25, -0.2) is 13.1 Å². The van der Waals surface area contributed by atoms with E-state index >= 15 is 0 Å². The Morgan fingerprint density at radius 2 is 1.62 bits per heavy atom. The highest BCUT2D eigenvalue weighted by Gasteiger charge is 2.70. The second-order valence-electron chi connectivity index (χ2n) is 16.5. The topological polar surface area (TPSA) is 171 Å².